The van der Waals surface area contributed by atoms with Gasteiger partial charge in [-0.3, -0.25) is 29.1 Å². The number of carbonyl (C=O) groups is 3. The Morgan fingerprint density at radius 1 is 0.976 bits per heavy atom. The number of rotatable bonds is 9. The molecule has 3 heterocycles. The number of hydrogen-bond acceptors (Lipinski definition) is 7. The second-order valence-corrected chi connectivity index (χ2v) is 11.0. The lowest BCUT2D eigenvalue weighted by molar-refractivity contribution is 0.0648. The first-order valence-corrected chi connectivity index (χ1v) is 13.3. The van der Waals surface area contributed by atoms with Gasteiger partial charge >= 0.3 is 0 Å². The SMILES string of the molecule is CC(C)(CO)CNC(=O)c1c(O)c2ncc(Cc3ccc(F)cc3)cc2n(CCN2C(=O)c3ccccc3C2=O)c1=O. The lowest BCUT2D eigenvalue weighted by Crippen LogP contribution is -2.40. The third kappa shape index (κ3) is 5.38. The van der Waals surface area contributed by atoms with Crippen LogP contribution in [0.25, 0.3) is 11.0 Å². The molecular weight excluding hydrogens is 543 g/mol. The van der Waals surface area contributed by atoms with Gasteiger partial charge in [0.25, 0.3) is 23.3 Å². The van der Waals surface area contributed by atoms with Crippen molar-refractivity contribution in [3.63, 3.8) is 0 Å². The van der Waals surface area contributed by atoms with Crippen molar-refractivity contribution in [2.24, 2.45) is 5.41 Å². The van der Waals surface area contributed by atoms with E-state index < -0.39 is 40.0 Å². The van der Waals surface area contributed by atoms with E-state index in [1.807, 2.05) is 0 Å². The predicted octanol–water partition coefficient (Wildman–Crippen LogP) is 2.88. The van der Waals surface area contributed by atoms with Gasteiger partial charge in [0.15, 0.2) is 5.75 Å². The highest BCUT2D eigenvalue weighted by Crippen LogP contribution is 2.27. The first kappa shape index (κ1) is 28.6. The van der Waals surface area contributed by atoms with Gasteiger partial charge in [0.05, 0.1) is 16.6 Å². The van der Waals surface area contributed by atoms with Crippen molar-refractivity contribution in [1.82, 2.24) is 19.8 Å². The molecule has 42 heavy (non-hydrogen) atoms. The van der Waals surface area contributed by atoms with Gasteiger partial charge in [0.2, 0.25) is 0 Å². The number of hydrogen-bond donors (Lipinski definition) is 3. The largest absolute Gasteiger partial charge is 0.505 e. The molecule has 11 heteroatoms. The zero-order valence-corrected chi connectivity index (χ0v) is 23.1. The molecule has 0 fully saturated rings. The van der Waals surface area contributed by atoms with E-state index in [0.717, 1.165) is 10.5 Å². The van der Waals surface area contributed by atoms with Gasteiger partial charge < -0.3 is 20.1 Å². The molecule has 0 spiro atoms. The Hall–Kier alpha value is -4.90. The van der Waals surface area contributed by atoms with E-state index in [1.165, 1.54) is 22.9 Å². The summed E-state index contributed by atoms with van der Waals surface area (Å²) in [6.45, 7) is 2.90. The Labute approximate surface area is 240 Å². The number of aromatic hydroxyl groups is 1. The fraction of sp³-hybridized carbons (Fsp3) is 0.258. The summed E-state index contributed by atoms with van der Waals surface area (Å²) in [5.41, 5.74) is 0.0652. The number of halogens is 1. The number of nitrogens with one attached hydrogen (secondary N) is 1. The van der Waals surface area contributed by atoms with Crippen LogP contribution in [-0.4, -0.2) is 62.1 Å². The third-order valence-electron chi connectivity index (χ3n) is 7.26. The number of nitrogens with zero attached hydrogens (tertiary/aromatic N) is 3. The van der Waals surface area contributed by atoms with Crippen LogP contribution in [0, 0.1) is 11.2 Å². The molecule has 3 amide bonds. The molecule has 2 aromatic heterocycles. The zero-order valence-electron chi connectivity index (χ0n) is 23.1. The highest BCUT2D eigenvalue weighted by atomic mass is 19.1. The van der Waals surface area contributed by atoms with Crippen molar-refractivity contribution in [3.8, 4) is 5.75 Å². The number of carbonyl (C=O) groups excluding carboxylic acids is 3. The van der Waals surface area contributed by atoms with Crippen molar-refractivity contribution in [3.05, 3.63) is 105 Å². The summed E-state index contributed by atoms with van der Waals surface area (Å²) in [5, 5.41) is 23.2. The Morgan fingerprint density at radius 3 is 2.24 bits per heavy atom. The van der Waals surface area contributed by atoms with E-state index in [1.54, 1.807) is 56.3 Å². The van der Waals surface area contributed by atoms with E-state index >= 15 is 0 Å². The molecule has 10 nitrogen and oxygen atoms in total. The van der Waals surface area contributed by atoms with Crippen LogP contribution in [0.5, 0.6) is 5.75 Å². The lowest BCUT2D eigenvalue weighted by atomic mass is 9.95. The van der Waals surface area contributed by atoms with Gasteiger partial charge in [-0.2, -0.15) is 0 Å². The Bertz CT molecular complexity index is 1750. The Balaban J connectivity index is 1.55. The number of benzene rings is 2. The molecule has 3 N–H and O–H groups in total. The molecule has 1 aliphatic rings. The van der Waals surface area contributed by atoms with Crippen LogP contribution in [0.15, 0.2) is 65.6 Å². The maximum absolute atomic E-state index is 13.8. The molecule has 5 rings (SSSR count). The molecule has 2 aromatic carbocycles. The van der Waals surface area contributed by atoms with Gasteiger partial charge in [-0.25, -0.2) is 4.39 Å². The van der Waals surface area contributed by atoms with Crippen LogP contribution < -0.4 is 10.9 Å². The predicted molar refractivity (Wildman–Crippen MR) is 152 cm³/mol. The van der Waals surface area contributed by atoms with E-state index in [0.29, 0.717) is 12.0 Å². The number of aromatic nitrogens is 2. The first-order chi connectivity index (χ1) is 20.0. The summed E-state index contributed by atoms with van der Waals surface area (Å²) in [7, 11) is 0. The van der Waals surface area contributed by atoms with Crippen molar-refractivity contribution in [2.45, 2.75) is 26.8 Å². The minimum atomic E-state index is -0.854. The van der Waals surface area contributed by atoms with Crippen LogP contribution in [0.1, 0.15) is 56.0 Å². The second kappa shape index (κ2) is 11.2. The maximum atomic E-state index is 13.8. The highest BCUT2D eigenvalue weighted by molar-refractivity contribution is 6.21. The minimum absolute atomic E-state index is 0.0219. The van der Waals surface area contributed by atoms with Gasteiger partial charge in [-0.1, -0.05) is 38.1 Å². The quantitative estimate of drug-likeness (QED) is 0.262. The average Bonchev–Trinajstić information content (AvgIpc) is 3.22. The number of pyridine rings is 2. The number of fused-ring (bicyclic) bond motifs is 2. The summed E-state index contributed by atoms with van der Waals surface area (Å²) in [5.74, 6) is -2.83. The lowest BCUT2D eigenvalue weighted by Gasteiger charge is -2.22. The summed E-state index contributed by atoms with van der Waals surface area (Å²) in [6.07, 6.45) is 1.83. The third-order valence-corrected chi connectivity index (χ3v) is 7.26. The molecule has 0 saturated carbocycles. The van der Waals surface area contributed by atoms with Crippen molar-refractivity contribution in [1.29, 1.82) is 0 Å². The van der Waals surface area contributed by atoms with Crippen LogP contribution in [-0.2, 0) is 13.0 Å². The fourth-order valence-electron chi connectivity index (χ4n) is 4.81. The number of aliphatic hydroxyl groups excluding tert-OH is 1. The van der Waals surface area contributed by atoms with Gasteiger partial charge in [-0.15, -0.1) is 0 Å². The van der Waals surface area contributed by atoms with E-state index in [2.05, 4.69) is 10.3 Å². The number of amides is 3. The number of aliphatic hydroxyl groups is 1. The van der Waals surface area contributed by atoms with Crippen molar-refractivity contribution in [2.75, 3.05) is 19.7 Å². The van der Waals surface area contributed by atoms with Crippen molar-refractivity contribution < 1.29 is 29.0 Å². The van der Waals surface area contributed by atoms with Gasteiger partial charge in [0, 0.05) is 37.9 Å². The zero-order chi connectivity index (χ0) is 30.2. The van der Waals surface area contributed by atoms with Crippen LogP contribution in [0.3, 0.4) is 0 Å². The van der Waals surface area contributed by atoms with Crippen molar-refractivity contribution >= 4 is 28.8 Å². The van der Waals surface area contributed by atoms with Crippen LogP contribution >= 0.6 is 0 Å². The van der Waals surface area contributed by atoms with E-state index in [4.69, 9.17) is 0 Å². The monoisotopic (exact) mass is 572 g/mol. The van der Waals surface area contributed by atoms with Gasteiger partial charge in [0.1, 0.15) is 16.9 Å². The average molecular weight is 573 g/mol. The molecular formula is C31H29FN4O6. The smallest absolute Gasteiger partial charge is 0.267 e. The molecule has 4 aromatic rings. The van der Waals surface area contributed by atoms with E-state index in [9.17, 15) is 33.8 Å². The maximum Gasteiger partial charge on any atom is 0.267 e. The first-order valence-electron chi connectivity index (χ1n) is 13.3. The summed E-state index contributed by atoms with van der Waals surface area (Å²) < 4.78 is 14.6. The Kier molecular flexibility index (Phi) is 7.61. The van der Waals surface area contributed by atoms with Gasteiger partial charge in [-0.05, 0) is 47.9 Å². The topological polar surface area (TPSA) is 142 Å². The van der Waals surface area contributed by atoms with Crippen LogP contribution in [0.2, 0.25) is 0 Å². The molecule has 0 atom stereocenters. The standard InChI is InChI=1S/C31H29FN4O6/c1-31(2,17-37)16-34-27(39)24-26(38)25-23(14-19(15-33-25)13-18-7-9-20(32)10-8-18)35(30(24)42)11-12-36-28(40)21-5-3-4-6-22(21)29(36)41/h3-10,14-15,37-38H,11-13,16-17H2,1-2H3,(H,34,39). The molecule has 216 valence electrons. The molecule has 1 aliphatic heterocycles. The minimum Gasteiger partial charge on any atom is -0.505 e. The molecule has 0 saturated heterocycles. The van der Waals surface area contributed by atoms with Crippen LogP contribution in [0.4, 0.5) is 4.39 Å². The summed E-state index contributed by atoms with van der Waals surface area (Å²) in [4.78, 5) is 58.2. The molecule has 0 bridgehead atoms. The molecule has 0 unspecified atom stereocenters. The molecule has 0 aliphatic carbocycles. The fourth-order valence-corrected chi connectivity index (χ4v) is 4.81. The summed E-state index contributed by atoms with van der Waals surface area (Å²) >= 11 is 0. The van der Waals surface area contributed by atoms with E-state index in [-0.39, 0.29) is 54.2 Å². The Morgan fingerprint density at radius 2 is 1.62 bits per heavy atom. The molecule has 0 radical (unpaired) electrons. The number of imide groups is 1. The highest BCUT2D eigenvalue weighted by Gasteiger charge is 2.35. The normalized spacial score (nSPS) is 13.1. The second-order valence-electron chi connectivity index (χ2n) is 11.0. The summed E-state index contributed by atoms with van der Waals surface area (Å²) in [6, 6.07) is 13.9.